The quantitative estimate of drug-likeness (QED) is 0.750. The monoisotopic (exact) mass is 306 g/mol. The van der Waals surface area contributed by atoms with Gasteiger partial charge in [0.2, 0.25) is 0 Å². The smallest absolute Gasteiger partial charge is 0.352 e. The van der Waals surface area contributed by atoms with Crippen molar-refractivity contribution in [1.29, 1.82) is 0 Å². The Labute approximate surface area is 127 Å². The van der Waals surface area contributed by atoms with Gasteiger partial charge in [-0.15, -0.1) is 0 Å². The molecule has 0 fully saturated rings. The second-order valence-electron chi connectivity index (χ2n) is 4.90. The number of hydrogen-bond donors (Lipinski definition) is 2. The highest BCUT2D eigenvalue weighted by atomic mass is 16.5. The average Bonchev–Trinajstić information content (AvgIpc) is 2.90. The molecule has 2 N–H and O–H groups in total. The van der Waals surface area contributed by atoms with E-state index < -0.39 is 5.97 Å². The molecule has 118 valence electrons. The lowest BCUT2D eigenvalue weighted by Gasteiger charge is -2.15. The van der Waals surface area contributed by atoms with Crippen LogP contribution < -0.4 is 4.74 Å². The molecule has 0 atom stereocenters. The molecule has 0 unspecified atom stereocenters. The van der Waals surface area contributed by atoms with Crippen molar-refractivity contribution in [3.8, 4) is 5.75 Å². The van der Waals surface area contributed by atoms with Gasteiger partial charge >= 0.3 is 11.9 Å². The number of carbonyl (C=O) groups is 2. The van der Waals surface area contributed by atoms with Gasteiger partial charge < -0.3 is 19.6 Å². The first-order chi connectivity index (χ1) is 10.5. The Hall–Kier alpha value is -2.54. The van der Waals surface area contributed by atoms with E-state index in [9.17, 15) is 9.59 Å². The van der Waals surface area contributed by atoms with Gasteiger partial charge in [0.25, 0.3) is 0 Å². The molecule has 1 aromatic heterocycles. The van der Waals surface area contributed by atoms with Gasteiger partial charge in [0.05, 0.1) is 13.7 Å². The molecule has 0 saturated heterocycles. The number of benzene rings is 1. The van der Waals surface area contributed by atoms with E-state index in [1.807, 2.05) is 0 Å². The second-order valence-corrected chi connectivity index (χ2v) is 4.90. The highest BCUT2D eigenvalue weighted by molar-refractivity contribution is 5.94. The number of ether oxygens (including phenoxy) is 2. The third-order valence-electron chi connectivity index (χ3n) is 3.19. The summed E-state index contributed by atoms with van der Waals surface area (Å²) in [6.07, 6.45) is 0. The molecule has 7 nitrogen and oxygen atoms in total. The van der Waals surface area contributed by atoms with E-state index >= 15 is 0 Å². The summed E-state index contributed by atoms with van der Waals surface area (Å²) >= 11 is 0. The minimum absolute atomic E-state index is 0.143. The molecule has 0 saturated carbocycles. The minimum Gasteiger partial charge on any atom is -0.492 e. The first-order valence-corrected chi connectivity index (χ1v) is 6.74. The lowest BCUT2D eigenvalue weighted by atomic mass is 10.2. The molecule has 0 bridgehead atoms. The fraction of sp³-hybridized carbons (Fsp3) is 0.333. The summed E-state index contributed by atoms with van der Waals surface area (Å²) in [6, 6.07) is 6.88. The Kier molecular flexibility index (Phi) is 5.00. The van der Waals surface area contributed by atoms with Crippen molar-refractivity contribution < 1.29 is 24.2 Å². The zero-order chi connectivity index (χ0) is 16.1. The van der Waals surface area contributed by atoms with Crippen LogP contribution in [0.15, 0.2) is 24.3 Å². The third-order valence-corrected chi connectivity index (χ3v) is 3.19. The molecule has 0 aliphatic carbocycles. The summed E-state index contributed by atoms with van der Waals surface area (Å²) in [5, 5.41) is 9.72. The summed E-state index contributed by atoms with van der Waals surface area (Å²) in [4.78, 5) is 26.6. The fourth-order valence-corrected chi connectivity index (χ4v) is 2.00. The number of aromatic nitrogens is 1. The van der Waals surface area contributed by atoms with E-state index in [4.69, 9.17) is 9.84 Å². The molecule has 2 aromatic rings. The molecule has 0 amide bonds. The standard InChI is InChI=1S/C15H18N2O5/c1-17(9-14(18)21-2)5-6-22-11-3-4-12-10(7-11)8-13(16-12)15(19)20/h3-4,7-8,16H,5-6,9H2,1-2H3,(H,19,20). The number of aromatic carboxylic acids is 1. The Morgan fingerprint density at radius 1 is 1.32 bits per heavy atom. The zero-order valence-corrected chi connectivity index (χ0v) is 12.5. The molecule has 1 heterocycles. The SMILES string of the molecule is COC(=O)CN(C)CCOc1ccc2[nH]c(C(=O)O)cc2c1. The number of esters is 1. The van der Waals surface area contributed by atoms with Gasteiger partial charge in [-0.3, -0.25) is 9.69 Å². The molecule has 7 heteroatoms. The minimum atomic E-state index is -0.997. The van der Waals surface area contributed by atoms with Crippen LogP contribution in [0.25, 0.3) is 10.9 Å². The first-order valence-electron chi connectivity index (χ1n) is 6.74. The Morgan fingerprint density at radius 3 is 2.77 bits per heavy atom. The number of fused-ring (bicyclic) bond motifs is 1. The largest absolute Gasteiger partial charge is 0.492 e. The van der Waals surface area contributed by atoms with Crippen LogP contribution in [0.1, 0.15) is 10.5 Å². The number of carboxylic acids is 1. The highest BCUT2D eigenvalue weighted by Gasteiger charge is 2.09. The normalized spacial score (nSPS) is 10.9. The Bertz CT molecular complexity index is 680. The molecule has 2 rings (SSSR count). The lowest BCUT2D eigenvalue weighted by Crippen LogP contribution is -2.30. The second kappa shape index (κ2) is 6.95. The topological polar surface area (TPSA) is 91.9 Å². The molecule has 0 spiro atoms. The lowest BCUT2D eigenvalue weighted by molar-refractivity contribution is -0.141. The van der Waals surface area contributed by atoms with Crippen molar-refractivity contribution in [3.05, 3.63) is 30.0 Å². The number of methoxy groups -OCH3 is 1. The van der Waals surface area contributed by atoms with Crippen molar-refractivity contribution in [2.45, 2.75) is 0 Å². The van der Waals surface area contributed by atoms with Crippen LogP contribution in [0, 0.1) is 0 Å². The van der Waals surface area contributed by atoms with E-state index in [2.05, 4.69) is 9.72 Å². The summed E-state index contributed by atoms with van der Waals surface area (Å²) in [5.74, 6) is -0.643. The molecule has 1 aromatic carbocycles. The van der Waals surface area contributed by atoms with Crippen LogP contribution in [-0.4, -0.2) is 60.8 Å². The van der Waals surface area contributed by atoms with Gasteiger partial charge in [0.1, 0.15) is 18.1 Å². The average molecular weight is 306 g/mol. The number of aromatic amines is 1. The van der Waals surface area contributed by atoms with Gasteiger partial charge in [-0.05, 0) is 31.3 Å². The number of H-pyrrole nitrogens is 1. The predicted molar refractivity (Wildman–Crippen MR) is 80.3 cm³/mol. The number of likely N-dealkylation sites (N-methyl/N-ethyl adjacent to an activating group) is 1. The Morgan fingerprint density at radius 2 is 2.09 bits per heavy atom. The molecular weight excluding hydrogens is 288 g/mol. The van der Waals surface area contributed by atoms with E-state index in [0.717, 1.165) is 10.9 Å². The van der Waals surface area contributed by atoms with E-state index in [-0.39, 0.29) is 18.2 Å². The number of carboxylic acid groups (broad SMARTS) is 1. The molecule has 0 radical (unpaired) electrons. The maximum absolute atomic E-state index is 11.1. The first kappa shape index (κ1) is 15.8. The van der Waals surface area contributed by atoms with Gasteiger partial charge in [0.15, 0.2) is 0 Å². The van der Waals surface area contributed by atoms with Crippen molar-refractivity contribution >= 4 is 22.8 Å². The number of carbonyl (C=O) groups excluding carboxylic acids is 1. The number of nitrogens with zero attached hydrogens (tertiary/aromatic N) is 1. The van der Waals surface area contributed by atoms with E-state index in [0.29, 0.717) is 18.9 Å². The highest BCUT2D eigenvalue weighted by Crippen LogP contribution is 2.21. The molecular formula is C15H18N2O5. The fourth-order valence-electron chi connectivity index (χ4n) is 2.00. The van der Waals surface area contributed by atoms with Gasteiger partial charge in [-0.2, -0.15) is 0 Å². The molecule has 0 aliphatic rings. The maximum Gasteiger partial charge on any atom is 0.352 e. The van der Waals surface area contributed by atoms with Crippen LogP contribution >= 0.6 is 0 Å². The molecule has 0 aliphatic heterocycles. The predicted octanol–water partition coefficient (Wildman–Crippen LogP) is 1.35. The number of rotatable bonds is 7. The van der Waals surface area contributed by atoms with Crippen LogP contribution in [0.2, 0.25) is 0 Å². The van der Waals surface area contributed by atoms with Crippen LogP contribution in [0.5, 0.6) is 5.75 Å². The van der Waals surface area contributed by atoms with Crippen molar-refractivity contribution in [1.82, 2.24) is 9.88 Å². The number of hydrogen-bond acceptors (Lipinski definition) is 5. The van der Waals surface area contributed by atoms with E-state index in [1.54, 1.807) is 36.2 Å². The number of nitrogens with one attached hydrogen (secondary N) is 1. The van der Waals surface area contributed by atoms with Crippen LogP contribution in [0.4, 0.5) is 0 Å². The van der Waals surface area contributed by atoms with Crippen molar-refractivity contribution in [2.75, 3.05) is 33.9 Å². The summed E-state index contributed by atoms with van der Waals surface area (Å²) < 4.78 is 10.2. The maximum atomic E-state index is 11.1. The third kappa shape index (κ3) is 3.98. The summed E-state index contributed by atoms with van der Waals surface area (Å²) in [5.41, 5.74) is 0.887. The summed E-state index contributed by atoms with van der Waals surface area (Å²) in [7, 11) is 3.15. The molecule has 22 heavy (non-hydrogen) atoms. The van der Waals surface area contributed by atoms with Crippen molar-refractivity contribution in [3.63, 3.8) is 0 Å². The Balaban J connectivity index is 1.92. The zero-order valence-electron chi connectivity index (χ0n) is 12.5. The van der Waals surface area contributed by atoms with Crippen LogP contribution in [0.3, 0.4) is 0 Å². The van der Waals surface area contributed by atoms with Gasteiger partial charge in [-0.25, -0.2) is 4.79 Å². The van der Waals surface area contributed by atoms with E-state index in [1.165, 1.54) is 7.11 Å². The van der Waals surface area contributed by atoms with Crippen LogP contribution in [-0.2, 0) is 9.53 Å². The van der Waals surface area contributed by atoms with Gasteiger partial charge in [-0.1, -0.05) is 0 Å². The van der Waals surface area contributed by atoms with Crippen molar-refractivity contribution in [2.24, 2.45) is 0 Å². The van der Waals surface area contributed by atoms with Gasteiger partial charge in [0, 0.05) is 17.4 Å². The summed E-state index contributed by atoms with van der Waals surface area (Å²) in [6.45, 7) is 1.19.